The van der Waals surface area contributed by atoms with E-state index in [2.05, 4.69) is 25.8 Å². The molecule has 0 aliphatic rings. The van der Waals surface area contributed by atoms with Crippen LogP contribution in [0.1, 0.15) is 5.69 Å². The standard InChI is InChI=1S/C19H22N6O5S/c1-25-19(22-23-24-25)31-11-13-8-16(17(29-4)9-20-13)30-10-18(26)21-12-5-6-14(27-2)15(7-12)28-3/h5-9H,10-11H2,1-4H3,(H,21,26). The maximum atomic E-state index is 12.3. The number of hydrogen-bond acceptors (Lipinski definition) is 10. The Kier molecular flexibility index (Phi) is 7.49. The molecule has 0 spiro atoms. The lowest BCUT2D eigenvalue weighted by atomic mass is 10.2. The highest BCUT2D eigenvalue weighted by atomic mass is 32.2. The van der Waals surface area contributed by atoms with E-state index < -0.39 is 0 Å². The number of carbonyl (C=O) groups excluding carboxylic acids is 1. The largest absolute Gasteiger partial charge is 0.493 e. The summed E-state index contributed by atoms with van der Waals surface area (Å²) in [7, 11) is 6.34. The van der Waals surface area contributed by atoms with Gasteiger partial charge in [0, 0.05) is 30.6 Å². The number of methoxy groups -OCH3 is 3. The third-order valence-electron chi connectivity index (χ3n) is 4.06. The van der Waals surface area contributed by atoms with Crippen LogP contribution >= 0.6 is 11.8 Å². The molecule has 2 heterocycles. The number of thioether (sulfide) groups is 1. The van der Waals surface area contributed by atoms with E-state index in [1.165, 1.54) is 26.0 Å². The van der Waals surface area contributed by atoms with Crippen LogP contribution < -0.4 is 24.3 Å². The van der Waals surface area contributed by atoms with Gasteiger partial charge >= 0.3 is 0 Å². The fourth-order valence-corrected chi connectivity index (χ4v) is 3.30. The molecule has 0 aliphatic heterocycles. The second-order valence-corrected chi connectivity index (χ2v) is 7.05. The fraction of sp³-hybridized carbons (Fsp3) is 0.316. The van der Waals surface area contributed by atoms with Crippen LogP contribution in [0.2, 0.25) is 0 Å². The molecule has 12 heteroatoms. The van der Waals surface area contributed by atoms with Gasteiger partial charge in [-0.05, 0) is 22.6 Å². The van der Waals surface area contributed by atoms with Crippen molar-refractivity contribution in [2.24, 2.45) is 7.05 Å². The average Bonchev–Trinajstić information content (AvgIpc) is 3.20. The number of anilines is 1. The molecule has 0 bridgehead atoms. The summed E-state index contributed by atoms with van der Waals surface area (Å²) in [5.41, 5.74) is 1.28. The maximum absolute atomic E-state index is 12.3. The molecule has 1 amide bonds. The number of pyridine rings is 1. The number of aromatic nitrogens is 5. The Morgan fingerprint density at radius 1 is 1.06 bits per heavy atom. The highest BCUT2D eigenvalue weighted by Crippen LogP contribution is 2.30. The van der Waals surface area contributed by atoms with Crippen molar-refractivity contribution >= 4 is 23.4 Å². The van der Waals surface area contributed by atoms with Gasteiger partial charge in [0.05, 0.1) is 33.2 Å². The zero-order chi connectivity index (χ0) is 22.2. The number of ether oxygens (including phenoxy) is 4. The van der Waals surface area contributed by atoms with E-state index in [0.717, 1.165) is 5.69 Å². The molecule has 2 aromatic heterocycles. The number of amides is 1. The summed E-state index contributed by atoms with van der Waals surface area (Å²) in [5, 5.41) is 14.7. The Hall–Kier alpha value is -3.54. The predicted molar refractivity (Wildman–Crippen MR) is 113 cm³/mol. The summed E-state index contributed by atoms with van der Waals surface area (Å²) < 4.78 is 23.0. The number of carbonyl (C=O) groups is 1. The van der Waals surface area contributed by atoms with Crippen molar-refractivity contribution in [2.75, 3.05) is 33.3 Å². The van der Waals surface area contributed by atoms with Crippen LogP contribution in [0.15, 0.2) is 35.6 Å². The summed E-state index contributed by atoms with van der Waals surface area (Å²) in [6, 6.07) is 6.81. The molecule has 31 heavy (non-hydrogen) atoms. The van der Waals surface area contributed by atoms with Crippen molar-refractivity contribution in [1.82, 2.24) is 25.2 Å². The molecule has 0 saturated carbocycles. The summed E-state index contributed by atoms with van der Waals surface area (Å²) in [5.74, 6) is 2.09. The Labute approximate surface area is 183 Å². The summed E-state index contributed by atoms with van der Waals surface area (Å²) >= 11 is 1.43. The molecule has 0 fully saturated rings. The number of hydrogen-bond donors (Lipinski definition) is 1. The Balaban J connectivity index is 1.62. The van der Waals surface area contributed by atoms with Gasteiger partial charge in [0.25, 0.3) is 5.91 Å². The van der Waals surface area contributed by atoms with Gasteiger partial charge in [-0.25, -0.2) is 4.68 Å². The highest BCUT2D eigenvalue weighted by Gasteiger charge is 2.13. The Morgan fingerprint density at radius 2 is 1.84 bits per heavy atom. The van der Waals surface area contributed by atoms with Crippen LogP contribution in [0.3, 0.4) is 0 Å². The SMILES string of the molecule is COc1ccc(NC(=O)COc2cc(CSc3nnnn3C)ncc2OC)cc1OC. The summed E-state index contributed by atoms with van der Waals surface area (Å²) in [6.07, 6.45) is 1.55. The predicted octanol–water partition coefficient (Wildman–Crippen LogP) is 1.94. The van der Waals surface area contributed by atoms with Crippen molar-refractivity contribution in [3.05, 3.63) is 36.2 Å². The van der Waals surface area contributed by atoms with Gasteiger partial charge in [0.2, 0.25) is 5.16 Å². The molecule has 1 N–H and O–H groups in total. The first-order valence-electron chi connectivity index (χ1n) is 9.06. The molecule has 164 valence electrons. The van der Waals surface area contributed by atoms with E-state index in [1.54, 1.807) is 49.3 Å². The number of benzene rings is 1. The minimum Gasteiger partial charge on any atom is -0.493 e. The zero-order valence-corrected chi connectivity index (χ0v) is 18.3. The third kappa shape index (κ3) is 5.75. The van der Waals surface area contributed by atoms with Gasteiger partial charge in [-0.1, -0.05) is 11.8 Å². The smallest absolute Gasteiger partial charge is 0.262 e. The van der Waals surface area contributed by atoms with E-state index in [4.69, 9.17) is 18.9 Å². The van der Waals surface area contributed by atoms with Gasteiger partial charge < -0.3 is 24.3 Å². The summed E-state index contributed by atoms with van der Waals surface area (Å²) in [6.45, 7) is -0.214. The minimum absolute atomic E-state index is 0.214. The van der Waals surface area contributed by atoms with Crippen LogP contribution in [0.4, 0.5) is 5.69 Å². The van der Waals surface area contributed by atoms with Crippen molar-refractivity contribution in [2.45, 2.75) is 10.9 Å². The molecule has 3 rings (SSSR count). The molecule has 0 saturated heterocycles. The molecule has 1 aromatic carbocycles. The number of nitrogens with zero attached hydrogens (tertiary/aromatic N) is 5. The van der Waals surface area contributed by atoms with Crippen molar-refractivity contribution in [3.63, 3.8) is 0 Å². The molecule has 3 aromatic rings. The zero-order valence-electron chi connectivity index (χ0n) is 17.5. The highest BCUT2D eigenvalue weighted by molar-refractivity contribution is 7.98. The average molecular weight is 446 g/mol. The maximum Gasteiger partial charge on any atom is 0.262 e. The first-order chi connectivity index (χ1) is 15.0. The van der Waals surface area contributed by atoms with Crippen LogP contribution in [0.5, 0.6) is 23.0 Å². The lowest BCUT2D eigenvalue weighted by Gasteiger charge is -2.13. The Bertz CT molecular complexity index is 1040. The quantitative estimate of drug-likeness (QED) is 0.462. The summed E-state index contributed by atoms with van der Waals surface area (Å²) in [4.78, 5) is 16.7. The van der Waals surface area contributed by atoms with E-state index in [0.29, 0.717) is 39.6 Å². The van der Waals surface area contributed by atoms with Crippen LogP contribution in [0, 0.1) is 0 Å². The first kappa shape index (κ1) is 22.2. The van der Waals surface area contributed by atoms with Crippen molar-refractivity contribution < 1.29 is 23.7 Å². The van der Waals surface area contributed by atoms with Crippen molar-refractivity contribution in [1.29, 1.82) is 0 Å². The van der Waals surface area contributed by atoms with Crippen LogP contribution in [0.25, 0.3) is 0 Å². The van der Waals surface area contributed by atoms with E-state index in [-0.39, 0.29) is 12.5 Å². The topological polar surface area (TPSA) is 123 Å². The third-order valence-corrected chi connectivity index (χ3v) is 5.11. The van der Waals surface area contributed by atoms with Gasteiger partial charge in [-0.2, -0.15) is 0 Å². The van der Waals surface area contributed by atoms with E-state index in [9.17, 15) is 4.79 Å². The minimum atomic E-state index is -0.341. The van der Waals surface area contributed by atoms with E-state index >= 15 is 0 Å². The molecule has 0 radical (unpaired) electrons. The Morgan fingerprint density at radius 3 is 2.52 bits per heavy atom. The normalized spacial score (nSPS) is 10.5. The molecule has 0 unspecified atom stereocenters. The lowest BCUT2D eigenvalue weighted by Crippen LogP contribution is -2.20. The molecule has 11 nitrogen and oxygen atoms in total. The fourth-order valence-electron chi connectivity index (χ4n) is 2.55. The van der Waals surface area contributed by atoms with Crippen LogP contribution in [-0.2, 0) is 17.6 Å². The molecular weight excluding hydrogens is 424 g/mol. The second kappa shape index (κ2) is 10.5. The van der Waals surface area contributed by atoms with Gasteiger partial charge in [-0.15, -0.1) is 5.10 Å². The first-order valence-corrected chi connectivity index (χ1v) is 10.0. The number of nitrogens with one attached hydrogen (secondary N) is 1. The van der Waals surface area contributed by atoms with Gasteiger partial charge in [-0.3, -0.25) is 9.78 Å². The second-order valence-electron chi connectivity index (χ2n) is 6.11. The number of aryl methyl sites for hydroxylation is 1. The molecule has 0 atom stereocenters. The monoisotopic (exact) mass is 446 g/mol. The van der Waals surface area contributed by atoms with Gasteiger partial charge in [0.1, 0.15) is 0 Å². The number of rotatable bonds is 10. The van der Waals surface area contributed by atoms with Crippen LogP contribution in [-0.4, -0.2) is 59.0 Å². The van der Waals surface area contributed by atoms with Gasteiger partial charge in [0.15, 0.2) is 29.6 Å². The lowest BCUT2D eigenvalue weighted by molar-refractivity contribution is -0.118. The number of tetrazole rings is 1. The van der Waals surface area contributed by atoms with Crippen molar-refractivity contribution in [3.8, 4) is 23.0 Å². The molecular formula is C19H22N6O5S. The molecule has 0 aliphatic carbocycles. The van der Waals surface area contributed by atoms with E-state index in [1.807, 2.05) is 0 Å².